The highest BCUT2D eigenvalue weighted by Crippen LogP contribution is 2.35. The maximum Gasteiger partial charge on any atom is 0.257 e. The van der Waals surface area contributed by atoms with Crippen LogP contribution in [0.5, 0.6) is 0 Å². The molecule has 3 heterocycles. The number of carbonyl (C=O) groups excluding carboxylic acids is 3. The van der Waals surface area contributed by atoms with Crippen molar-refractivity contribution >= 4 is 17.7 Å². The van der Waals surface area contributed by atoms with E-state index in [4.69, 9.17) is 4.42 Å². The van der Waals surface area contributed by atoms with Crippen LogP contribution < -0.4 is 0 Å². The average Bonchev–Trinajstić information content (AvgIpc) is 3.12. The molecule has 0 bridgehead atoms. The van der Waals surface area contributed by atoms with Crippen LogP contribution in [0.2, 0.25) is 0 Å². The Morgan fingerprint density at radius 2 is 1.92 bits per heavy atom. The van der Waals surface area contributed by atoms with Gasteiger partial charge in [-0.3, -0.25) is 14.4 Å². The molecular weight excluding hydrogens is 310 g/mol. The number of furan rings is 1. The van der Waals surface area contributed by atoms with Crippen molar-refractivity contribution in [2.75, 3.05) is 39.3 Å². The molecule has 0 unspecified atom stereocenters. The summed E-state index contributed by atoms with van der Waals surface area (Å²) < 4.78 is 5.01. The van der Waals surface area contributed by atoms with Crippen LogP contribution in [-0.4, -0.2) is 71.7 Å². The quantitative estimate of drug-likeness (QED) is 0.803. The number of nitrogens with zero attached hydrogens (tertiary/aromatic N) is 3. The number of hydrogen-bond acceptors (Lipinski definition) is 4. The number of likely N-dealkylation sites (tertiary alicyclic amines) is 1. The Morgan fingerprint density at radius 1 is 1.21 bits per heavy atom. The molecule has 2 aliphatic rings. The minimum absolute atomic E-state index is 0.0191. The molecular formula is C17H23N3O4. The predicted molar refractivity (Wildman–Crippen MR) is 86.2 cm³/mol. The smallest absolute Gasteiger partial charge is 0.257 e. The highest BCUT2D eigenvalue weighted by atomic mass is 16.3. The molecule has 3 amide bonds. The number of rotatable bonds is 2. The van der Waals surface area contributed by atoms with Crippen molar-refractivity contribution in [1.29, 1.82) is 0 Å². The van der Waals surface area contributed by atoms with Gasteiger partial charge in [0.2, 0.25) is 11.8 Å². The van der Waals surface area contributed by atoms with Crippen LogP contribution >= 0.6 is 0 Å². The summed E-state index contributed by atoms with van der Waals surface area (Å²) in [7, 11) is 0. The number of hydrogen-bond donors (Lipinski definition) is 0. The molecule has 1 aromatic heterocycles. The zero-order valence-corrected chi connectivity index (χ0v) is 14.2. The Morgan fingerprint density at radius 3 is 2.50 bits per heavy atom. The van der Waals surface area contributed by atoms with Crippen molar-refractivity contribution < 1.29 is 18.8 Å². The van der Waals surface area contributed by atoms with E-state index in [2.05, 4.69) is 0 Å². The summed E-state index contributed by atoms with van der Waals surface area (Å²) in [5, 5.41) is 0. The Kier molecular flexibility index (Phi) is 4.34. The lowest BCUT2D eigenvalue weighted by atomic mass is 9.85. The third-order valence-corrected chi connectivity index (χ3v) is 4.98. The van der Waals surface area contributed by atoms with E-state index in [1.54, 1.807) is 15.9 Å². The number of amides is 3. The monoisotopic (exact) mass is 333 g/mol. The van der Waals surface area contributed by atoms with Gasteiger partial charge in [-0.25, -0.2) is 0 Å². The Hall–Kier alpha value is -2.31. The second-order valence-electron chi connectivity index (χ2n) is 6.76. The van der Waals surface area contributed by atoms with E-state index in [-0.39, 0.29) is 17.7 Å². The van der Waals surface area contributed by atoms with E-state index in [0.29, 0.717) is 51.3 Å². The summed E-state index contributed by atoms with van der Waals surface area (Å²) in [4.78, 5) is 42.3. The van der Waals surface area contributed by atoms with Crippen LogP contribution in [0.1, 0.15) is 30.6 Å². The van der Waals surface area contributed by atoms with E-state index < -0.39 is 5.41 Å². The van der Waals surface area contributed by atoms with Crippen molar-refractivity contribution in [3.8, 4) is 0 Å². The standard InChI is InChI=1S/C17H23N3O4/c1-3-18-10-17(8-15(18)22)11-19(13(2)21)5-6-20(12-17)16(23)14-4-7-24-9-14/h4,7,9H,3,5-6,8,10-12H2,1-2H3/t17-/m0/s1. The van der Waals surface area contributed by atoms with Gasteiger partial charge in [-0.05, 0) is 13.0 Å². The molecule has 2 aliphatic heterocycles. The molecule has 7 heteroatoms. The van der Waals surface area contributed by atoms with E-state index in [9.17, 15) is 14.4 Å². The SMILES string of the molecule is CCN1C[C@@]2(CC1=O)CN(C(C)=O)CCN(C(=O)c1ccoc1)C2. The molecule has 24 heavy (non-hydrogen) atoms. The maximum atomic E-state index is 12.7. The highest BCUT2D eigenvalue weighted by Gasteiger charge is 2.47. The van der Waals surface area contributed by atoms with Crippen LogP contribution in [0.15, 0.2) is 23.0 Å². The van der Waals surface area contributed by atoms with Crippen LogP contribution in [0, 0.1) is 5.41 Å². The van der Waals surface area contributed by atoms with Crippen LogP contribution in [0.3, 0.4) is 0 Å². The molecule has 0 N–H and O–H groups in total. The maximum absolute atomic E-state index is 12.7. The zero-order valence-electron chi connectivity index (χ0n) is 14.2. The first-order chi connectivity index (χ1) is 11.4. The van der Waals surface area contributed by atoms with Crippen molar-refractivity contribution in [3.63, 3.8) is 0 Å². The van der Waals surface area contributed by atoms with Gasteiger partial charge in [-0.15, -0.1) is 0 Å². The highest BCUT2D eigenvalue weighted by molar-refractivity contribution is 5.94. The molecule has 130 valence electrons. The molecule has 1 spiro atoms. The number of carbonyl (C=O) groups is 3. The molecule has 1 atom stereocenters. The van der Waals surface area contributed by atoms with Gasteiger partial charge in [0.1, 0.15) is 6.26 Å². The Balaban J connectivity index is 1.87. The normalized spacial score (nSPS) is 24.6. The summed E-state index contributed by atoms with van der Waals surface area (Å²) >= 11 is 0. The van der Waals surface area contributed by atoms with Gasteiger partial charge in [0.25, 0.3) is 5.91 Å². The summed E-state index contributed by atoms with van der Waals surface area (Å²) in [5.41, 5.74) is 0.104. The lowest BCUT2D eigenvalue weighted by Crippen LogP contribution is -2.45. The van der Waals surface area contributed by atoms with E-state index in [0.717, 1.165) is 0 Å². The zero-order chi connectivity index (χ0) is 17.3. The topological polar surface area (TPSA) is 74.1 Å². The summed E-state index contributed by atoms with van der Waals surface area (Å²) in [6, 6.07) is 1.64. The largest absolute Gasteiger partial charge is 0.472 e. The van der Waals surface area contributed by atoms with Crippen LogP contribution in [0.4, 0.5) is 0 Å². The third-order valence-electron chi connectivity index (χ3n) is 4.98. The predicted octanol–water partition coefficient (Wildman–Crippen LogP) is 0.823. The summed E-state index contributed by atoms with van der Waals surface area (Å²) in [6.07, 6.45) is 3.28. The molecule has 3 rings (SSSR count). The molecule has 0 aliphatic carbocycles. The fourth-order valence-electron chi connectivity index (χ4n) is 3.75. The van der Waals surface area contributed by atoms with Crippen LogP contribution in [0.25, 0.3) is 0 Å². The van der Waals surface area contributed by atoms with Gasteiger partial charge in [-0.2, -0.15) is 0 Å². The van der Waals surface area contributed by atoms with E-state index in [1.165, 1.54) is 19.5 Å². The molecule has 0 radical (unpaired) electrons. The first-order valence-corrected chi connectivity index (χ1v) is 8.29. The molecule has 2 saturated heterocycles. The van der Waals surface area contributed by atoms with Crippen molar-refractivity contribution in [2.24, 2.45) is 5.41 Å². The van der Waals surface area contributed by atoms with Crippen LogP contribution in [-0.2, 0) is 9.59 Å². The van der Waals surface area contributed by atoms with Gasteiger partial charge in [0.05, 0.1) is 11.8 Å². The fraction of sp³-hybridized carbons (Fsp3) is 0.588. The lowest BCUT2D eigenvalue weighted by molar-refractivity contribution is -0.130. The fourth-order valence-corrected chi connectivity index (χ4v) is 3.75. The van der Waals surface area contributed by atoms with E-state index in [1.807, 2.05) is 11.8 Å². The van der Waals surface area contributed by atoms with Gasteiger partial charge < -0.3 is 19.1 Å². The molecule has 0 aromatic carbocycles. The first kappa shape index (κ1) is 16.5. The second-order valence-corrected chi connectivity index (χ2v) is 6.76. The van der Waals surface area contributed by atoms with Gasteiger partial charge in [-0.1, -0.05) is 0 Å². The minimum Gasteiger partial charge on any atom is -0.472 e. The molecule has 0 saturated carbocycles. The summed E-state index contributed by atoms with van der Waals surface area (Å²) in [6.45, 7) is 6.66. The average molecular weight is 333 g/mol. The first-order valence-electron chi connectivity index (χ1n) is 8.29. The third kappa shape index (κ3) is 3.02. The molecule has 7 nitrogen and oxygen atoms in total. The van der Waals surface area contributed by atoms with Gasteiger partial charge in [0, 0.05) is 58.0 Å². The van der Waals surface area contributed by atoms with Gasteiger partial charge >= 0.3 is 0 Å². The van der Waals surface area contributed by atoms with Crippen molar-refractivity contribution in [1.82, 2.24) is 14.7 Å². The second kappa shape index (κ2) is 6.30. The summed E-state index contributed by atoms with van der Waals surface area (Å²) in [5.74, 6) is -0.0380. The van der Waals surface area contributed by atoms with E-state index >= 15 is 0 Å². The molecule has 2 fully saturated rings. The van der Waals surface area contributed by atoms with Gasteiger partial charge in [0.15, 0.2) is 0 Å². The Labute approximate surface area is 141 Å². The minimum atomic E-state index is -0.394. The van der Waals surface area contributed by atoms with Crippen molar-refractivity contribution in [3.05, 3.63) is 24.2 Å². The Bertz CT molecular complexity index is 642. The molecule has 1 aromatic rings. The van der Waals surface area contributed by atoms with Crippen molar-refractivity contribution in [2.45, 2.75) is 20.3 Å². The lowest BCUT2D eigenvalue weighted by Gasteiger charge is -2.33.